The summed E-state index contributed by atoms with van der Waals surface area (Å²) >= 11 is 1.79. The van der Waals surface area contributed by atoms with Crippen molar-refractivity contribution in [3.63, 3.8) is 0 Å². The van der Waals surface area contributed by atoms with E-state index in [4.69, 9.17) is 4.74 Å². The number of amides is 2. The number of ether oxygens (including phenoxy) is 1. The number of carbonyl (C=O) groups is 2. The van der Waals surface area contributed by atoms with Crippen molar-refractivity contribution in [3.8, 4) is 0 Å². The van der Waals surface area contributed by atoms with Gasteiger partial charge in [-0.15, -0.1) is 11.3 Å². The molecule has 0 radical (unpaired) electrons. The molecule has 2 amide bonds. The Bertz CT molecular complexity index is 598. The fourth-order valence-electron chi connectivity index (χ4n) is 3.32. The molecule has 3 heterocycles. The summed E-state index contributed by atoms with van der Waals surface area (Å²) < 4.78 is 4.93. The molecule has 0 aliphatic carbocycles. The molecule has 0 spiro atoms. The highest BCUT2D eigenvalue weighted by molar-refractivity contribution is 7.10. The van der Waals surface area contributed by atoms with Gasteiger partial charge in [0.05, 0.1) is 18.6 Å². The summed E-state index contributed by atoms with van der Waals surface area (Å²) in [7, 11) is 1.60. The monoisotopic (exact) mass is 351 g/mol. The summed E-state index contributed by atoms with van der Waals surface area (Å²) in [5.41, 5.74) is 1.34. The zero-order valence-corrected chi connectivity index (χ0v) is 15.1. The maximum atomic E-state index is 12.2. The number of aryl methyl sites for hydroxylation is 1. The van der Waals surface area contributed by atoms with Crippen molar-refractivity contribution in [3.05, 3.63) is 21.9 Å². The molecule has 2 saturated heterocycles. The van der Waals surface area contributed by atoms with Crippen LogP contribution in [0, 0.1) is 12.8 Å². The number of nitrogens with one attached hydrogen (secondary N) is 1. The number of methoxy groups -OCH3 is 1. The molecule has 6 nitrogen and oxygen atoms in total. The van der Waals surface area contributed by atoms with E-state index in [1.165, 1.54) is 10.4 Å². The minimum Gasteiger partial charge on any atom is -0.383 e. The molecule has 0 bridgehead atoms. The number of thiophene rings is 1. The zero-order valence-electron chi connectivity index (χ0n) is 14.3. The Morgan fingerprint density at radius 1 is 1.42 bits per heavy atom. The van der Waals surface area contributed by atoms with Crippen molar-refractivity contribution in [1.82, 2.24) is 15.1 Å². The lowest BCUT2D eigenvalue weighted by Crippen LogP contribution is -2.59. The summed E-state index contributed by atoms with van der Waals surface area (Å²) in [4.78, 5) is 30.0. The first kappa shape index (κ1) is 17.4. The number of hydrogen-bond acceptors (Lipinski definition) is 5. The number of nitrogens with zero attached hydrogens (tertiary/aromatic N) is 2. The Morgan fingerprint density at radius 2 is 2.21 bits per heavy atom. The predicted molar refractivity (Wildman–Crippen MR) is 92.8 cm³/mol. The maximum Gasteiger partial charge on any atom is 0.225 e. The second kappa shape index (κ2) is 7.63. The molecule has 0 saturated carbocycles. The molecule has 1 unspecified atom stereocenters. The standard InChI is InChI=1S/C17H25N3O3S/c1-12-3-6-24-15(12)11-19-9-14(10-19)20-8-13(7-16(20)21)17(22)18-4-5-23-2/h3,6,13-14H,4-5,7-11H2,1-2H3,(H,18,22). The first-order valence-electron chi connectivity index (χ1n) is 8.40. The van der Waals surface area contributed by atoms with Gasteiger partial charge in [0, 0.05) is 51.1 Å². The van der Waals surface area contributed by atoms with Crippen LogP contribution in [0.3, 0.4) is 0 Å². The molecule has 1 aromatic heterocycles. The summed E-state index contributed by atoms with van der Waals surface area (Å²) in [6, 6.07) is 2.41. The zero-order chi connectivity index (χ0) is 17.1. The molecule has 1 N–H and O–H groups in total. The number of hydrogen-bond donors (Lipinski definition) is 1. The molecular formula is C17H25N3O3S. The smallest absolute Gasteiger partial charge is 0.225 e. The normalized spacial score (nSPS) is 22.0. The summed E-state index contributed by atoms with van der Waals surface area (Å²) in [5.74, 6) is -0.143. The van der Waals surface area contributed by atoms with Crippen LogP contribution < -0.4 is 5.32 Å². The van der Waals surface area contributed by atoms with Gasteiger partial charge in [-0.3, -0.25) is 14.5 Å². The molecule has 2 fully saturated rings. The van der Waals surface area contributed by atoms with Crippen molar-refractivity contribution in [2.45, 2.75) is 25.9 Å². The molecule has 1 aromatic rings. The van der Waals surface area contributed by atoms with Gasteiger partial charge < -0.3 is 15.0 Å². The van der Waals surface area contributed by atoms with Crippen LogP contribution in [0.1, 0.15) is 16.9 Å². The Morgan fingerprint density at radius 3 is 2.88 bits per heavy atom. The van der Waals surface area contributed by atoms with Crippen molar-refractivity contribution >= 4 is 23.2 Å². The van der Waals surface area contributed by atoms with E-state index in [0.717, 1.165) is 19.6 Å². The van der Waals surface area contributed by atoms with Crippen LogP contribution in [0.5, 0.6) is 0 Å². The second-order valence-electron chi connectivity index (χ2n) is 6.61. The Kier molecular flexibility index (Phi) is 5.53. The fraction of sp³-hybridized carbons (Fsp3) is 0.647. The quantitative estimate of drug-likeness (QED) is 0.740. The van der Waals surface area contributed by atoms with Crippen LogP contribution >= 0.6 is 11.3 Å². The third kappa shape index (κ3) is 3.79. The minimum absolute atomic E-state index is 0.0340. The lowest BCUT2D eigenvalue weighted by atomic mass is 10.1. The first-order chi connectivity index (χ1) is 11.6. The Balaban J connectivity index is 1.44. The third-order valence-corrected chi connectivity index (χ3v) is 5.86. The van der Waals surface area contributed by atoms with Crippen LogP contribution in [0.4, 0.5) is 0 Å². The average molecular weight is 351 g/mol. The van der Waals surface area contributed by atoms with E-state index in [1.807, 2.05) is 4.90 Å². The van der Waals surface area contributed by atoms with E-state index in [9.17, 15) is 9.59 Å². The summed E-state index contributed by atoms with van der Waals surface area (Å²) in [5, 5.41) is 4.96. The highest BCUT2D eigenvalue weighted by Gasteiger charge is 2.42. The highest BCUT2D eigenvalue weighted by atomic mass is 32.1. The van der Waals surface area contributed by atoms with E-state index in [2.05, 4.69) is 28.6 Å². The average Bonchev–Trinajstić information content (AvgIpc) is 3.09. The van der Waals surface area contributed by atoms with E-state index in [-0.39, 0.29) is 23.8 Å². The van der Waals surface area contributed by atoms with Crippen LogP contribution in [0.2, 0.25) is 0 Å². The molecule has 2 aliphatic heterocycles. The first-order valence-corrected chi connectivity index (χ1v) is 9.28. The van der Waals surface area contributed by atoms with E-state index in [1.54, 1.807) is 18.4 Å². The summed E-state index contributed by atoms with van der Waals surface area (Å²) in [6.07, 6.45) is 0.333. The molecule has 3 rings (SSSR count). The predicted octanol–water partition coefficient (Wildman–Crippen LogP) is 0.852. The van der Waals surface area contributed by atoms with Gasteiger partial charge in [-0.1, -0.05) is 0 Å². The van der Waals surface area contributed by atoms with Gasteiger partial charge in [0.25, 0.3) is 0 Å². The largest absolute Gasteiger partial charge is 0.383 e. The topological polar surface area (TPSA) is 61.9 Å². The number of carbonyl (C=O) groups excluding carboxylic acids is 2. The van der Waals surface area contributed by atoms with Gasteiger partial charge in [-0.25, -0.2) is 0 Å². The SMILES string of the molecule is COCCNC(=O)C1CC(=O)N(C2CN(Cc3sccc3C)C2)C1. The minimum atomic E-state index is -0.219. The number of likely N-dealkylation sites (tertiary alicyclic amines) is 2. The van der Waals surface area contributed by atoms with Gasteiger partial charge in [0.1, 0.15) is 0 Å². The lowest BCUT2D eigenvalue weighted by molar-refractivity contribution is -0.133. The Hall–Kier alpha value is -1.44. The number of rotatable bonds is 7. The molecule has 7 heteroatoms. The van der Waals surface area contributed by atoms with E-state index in [0.29, 0.717) is 26.1 Å². The highest BCUT2D eigenvalue weighted by Crippen LogP contribution is 2.27. The maximum absolute atomic E-state index is 12.2. The third-order valence-electron chi connectivity index (χ3n) is 4.85. The molecule has 0 aromatic carbocycles. The van der Waals surface area contributed by atoms with Crippen LogP contribution in [-0.4, -0.2) is 67.6 Å². The molecule has 24 heavy (non-hydrogen) atoms. The van der Waals surface area contributed by atoms with Gasteiger partial charge in [0.2, 0.25) is 11.8 Å². The van der Waals surface area contributed by atoms with Gasteiger partial charge in [-0.05, 0) is 23.9 Å². The molecular weight excluding hydrogens is 326 g/mol. The van der Waals surface area contributed by atoms with Crippen molar-refractivity contribution in [2.75, 3.05) is 39.9 Å². The molecule has 1 atom stereocenters. The van der Waals surface area contributed by atoms with Gasteiger partial charge in [-0.2, -0.15) is 0 Å². The van der Waals surface area contributed by atoms with Crippen LogP contribution in [0.15, 0.2) is 11.4 Å². The van der Waals surface area contributed by atoms with Gasteiger partial charge >= 0.3 is 0 Å². The van der Waals surface area contributed by atoms with E-state index >= 15 is 0 Å². The fourth-order valence-corrected chi connectivity index (χ4v) is 4.27. The van der Waals surface area contributed by atoms with Crippen molar-refractivity contribution in [1.29, 1.82) is 0 Å². The second-order valence-corrected chi connectivity index (χ2v) is 7.61. The van der Waals surface area contributed by atoms with Crippen molar-refractivity contribution in [2.24, 2.45) is 5.92 Å². The lowest BCUT2D eigenvalue weighted by Gasteiger charge is -2.44. The summed E-state index contributed by atoms with van der Waals surface area (Å²) in [6.45, 7) is 6.45. The van der Waals surface area contributed by atoms with Crippen molar-refractivity contribution < 1.29 is 14.3 Å². The van der Waals surface area contributed by atoms with E-state index < -0.39 is 0 Å². The van der Waals surface area contributed by atoms with Gasteiger partial charge in [0.15, 0.2) is 0 Å². The van der Waals surface area contributed by atoms with Crippen LogP contribution in [-0.2, 0) is 20.9 Å². The van der Waals surface area contributed by atoms with Crippen LogP contribution in [0.25, 0.3) is 0 Å². The Labute approximate surface area is 146 Å². The molecule has 2 aliphatic rings. The molecule has 132 valence electrons.